The predicted molar refractivity (Wildman–Crippen MR) is 111 cm³/mol. The number of ether oxygens (including phenoxy) is 1. The molecule has 37 heavy (non-hydrogen) atoms. The molecule has 0 aliphatic carbocycles. The Morgan fingerprint density at radius 1 is 1.08 bits per heavy atom. The van der Waals surface area contributed by atoms with E-state index in [9.17, 15) is 26.3 Å². The summed E-state index contributed by atoms with van der Waals surface area (Å²) >= 11 is 0. The number of fused-ring (bicyclic) bond motifs is 1. The van der Waals surface area contributed by atoms with Crippen molar-refractivity contribution in [2.24, 2.45) is 0 Å². The number of carboxylic acids is 2. The summed E-state index contributed by atoms with van der Waals surface area (Å²) in [6.07, 6.45) is -1.10. The zero-order valence-corrected chi connectivity index (χ0v) is 18.7. The molecule has 0 aromatic carbocycles. The molecule has 1 aliphatic heterocycles. The molecule has 1 aliphatic rings. The molecule has 3 aromatic rings. The Bertz CT molecular complexity index is 1090. The van der Waals surface area contributed by atoms with E-state index < -0.39 is 24.3 Å². The van der Waals surface area contributed by atoms with Crippen molar-refractivity contribution in [3.05, 3.63) is 66.8 Å². The molecule has 202 valence electrons. The predicted octanol–water partition coefficient (Wildman–Crippen LogP) is 3.77. The summed E-state index contributed by atoms with van der Waals surface area (Å²) in [6.45, 7) is 3.22. The van der Waals surface area contributed by atoms with Crippen molar-refractivity contribution in [3.63, 3.8) is 0 Å². The quantitative estimate of drug-likeness (QED) is 0.466. The fourth-order valence-corrected chi connectivity index (χ4v) is 2.97. The first-order chi connectivity index (χ1) is 17.3. The number of carbonyl (C=O) groups is 2. The molecule has 16 heteroatoms. The largest absolute Gasteiger partial charge is 0.490 e. The number of pyridine rings is 1. The summed E-state index contributed by atoms with van der Waals surface area (Å²) in [5.74, 6) is -4.86. The fraction of sp³-hybridized carbons (Fsp3) is 0.333. The summed E-state index contributed by atoms with van der Waals surface area (Å²) in [4.78, 5) is 28.7. The van der Waals surface area contributed by atoms with Crippen LogP contribution in [0.1, 0.15) is 17.3 Å². The molecule has 0 fully saturated rings. The minimum Gasteiger partial charge on any atom is -0.475 e. The Morgan fingerprint density at radius 3 is 2.24 bits per heavy atom. The van der Waals surface area contributed by atoms with Gasteiger partial charge in [0.1, 0.15) is 6.61 Å². The molecule has 0 amide bonds. The summed E-state index contributed by atoms with van der Waals surface area (Å²) < 4.78 is 76.7. The van der Waals surface area contributed by atoms with Crippen LogP contribution in [0, 0.1) is 0 Å². The van der Waals surface area contributed by atoms with Crippen LogP contribution in [0.15, 0.2) is 59.9 Å². The molecule has 4 rings (SSSR count). The van der Waals surface area contributed by atoms with Gasteiger partial charge in [-0.1, -0.05) is 6.07 Å². The zero-order chi connectivity index (χ0) is 27.6. The van der Waals surface area contributed by atoms with Crippen LogP contribution < -0.4 is 4.74 Å². The van der Waals surface area contributed by atoms with E-state index in [0.717, 1.165) is 19.6 Å². The van der Waals surface area contributed by atoms with Gasteiger partial charge in [-0.3, -0.25) is 4.90 Å². The van der Waals surface area contributed by atoms with Crippen LogP contribution in [-0.4, -0.2) is 67.1 Å². The topological polar surface area (TPSA) is 131 Å². The van der Waals surface area contributed by atoms with Crippen LogP contribution in [0.2, 0.25) is 0 Å². The maximum Gasteiger partial charge on any atom is 0.490 e. The van der Waals surface area contributed by atoms with Gasteiger partial charge in [0.25, 0.3) is 0 Å². The Balaban J connectivity index is 0.000000286. The lowest BCUT2D eigenvalue weighted by molar-refractivity contribution is -0.193. The summed E-state index contributed by atoms with van der Waals surface area (Å²) in [5, 5.41) is 14.2. The molecule has 4 heterocycles. The van der Waals surface area contributed by atoms with E-state index in [4.69, 9.17) is 29.0 Å². The minimum atomic E-state index is -5.08. The van der Waals surface area contributed by atoms with E-state index in [0.29, 0.717) is 12.5 Å². The monoisotopic (exact) mass is 538 g/mol. The molecule has 0 saturated carbocycles. The van der Waals surface area contributed by atoms with Crippen LogP contribution in [-0.2, 0) is 22.7 Å². The van der Waals surface area contributed by atoms with Gasteiger partial charge in [-0.2, -0.15) is 26.3 Å². The van der Waals surface area contributed by atoms with Crippen LogP contribution in [0.5, 0.6) is 5.88 Å². The second kappa shape index (κ2) is 12.8. The number of imidazole rings is 1. The van der Waals surface area contributed by atoms with Gasteiger partial charge in [-0.05, 0) is 12.1 Å². The number of carboxylic acid groups (broad SMARTS) is 2. The highest BCUT2D eigenvalue weighted by Crippen LogP contribution is 2.23. The first kappa shape index (κ1) is 29.2. The van der Waals surface area contributed by atoms with Gasteiger partial charge in [0.15, 0.2) is 0 Å². The lowest BCUT2D eigenvalue weighted by Crippen LogP contribution is -2.38. The normalized spacial score (nSPS) is 15.4. The van der Waals surface area contributed by atoms with Crippen molar-refractivity contribution in [2.45, 2.75) is 31.5 Å². The number of aliphatic carboxylic acids is 2. The fourth-order valence-electron chi connectivity index (χ4n) is 2.97. The second-order valence-corrected chi connectivity index (χ2v) is 7.33. The highest BCUT2D eigenvalue weighted by Gasteiger charge is 2.38. The van der Waals surface area contributed by atoms with Crippen molar-refractivity contribution in [3.8, 4) is 5.88 Å². The van der Waals surface area contributed by atoms with Crippen LogP contribution in [0.4, 0.5) is 26.3 Å². The van der Waals surface area contributed by atoms with E-state index in [1.807, 2.05) is 36.8 Å². The van der Waals surface area contributed by atoms with Gasteiger partial charge in [0.2, 0.25) is 5.88 Å². The van der Waals surface area contributed by atoms with Crippen molar-refractivity contribution in [1.82, 2.24) is 19.4 Å². The maximum absolute atomic E-state index is 10.6. The number of aromatic nitrogens is 3. The summed E-state index contributed by atoms with van der Waals surface area (Å²) in [6, 6.07) is 7.91. The van der Waals surface area contributed by atoms with Gasteiger partial charge >= 0.3 is 24.3 Å². The van der Waals surface area contributed by atoms with Crippen LogP contribution in [0.3, 0.4) is 0 Å². The maximum atomic E-state index is 10.6. The van der Waals surface area contributed by atoms with Gasteiger partial charge in [0.05, 0.1) is 30.6 Å². The van der Waals surface area contributed by atoms with Crippen molar-refractivity contribution >= 4 is 11.9 Å². The molecular weight excluding hydrogens is 518 g/mol. The van der Waals surface area contributed by atoms with Crippen molar-refractivity contribution in [2.75, 3.05) is 13.2 Å². The van der Waals surface area contributed by atoms with Gasteiger partial charge in [0, 0.05) is 43.7 Å². The van der Waals surface area contributed by atoms with E-state index in [1.165, 1.54) is 11.3 Å². The molecule has 10 nitrogen and oxygen atoms in total. The average Bonchev–Trinajstić information content (AvgIpc) is 3.50. The number of hydrogen-bond acceptors (Lipinski definition) is 7. The Labute approximate surface area is 204 Å². The highest BCUT2D eigenvalue weighted by molar-refractivity contribution is 5.73. The Hall–Kier alpha value is -4.08. The van der Waals surface area contributed by atoms with Crippen molar-refractivity contribution in [1.29, 1.82) is 0 Å². The van der Waals surface area contributed by atoms with Gasteiger partial charge < -0.3 is 23.9 Å². The molecule has 1 atom stereocenters. The summed E-state index contributed by atoms with van der Waals surface area (Å²) in [5.41, 5.74) is 2.39. The highest BCUT2D eigenvalue weighted by atomic mass is 19.4. The molecule has 1 unspecified atom stereocenters. The zero-order valence-electron chi connectivity index (χ0n) is 18.7. The first-order valence-corrected chi connectivity index (χ1v) is 10.2. The number of alkyl halides is 6. The molecular formula is C21H20F6N4O6. The number of rotatable bonds is 5. The second-order valence-electron chi connectivity index (χ2n) is 7.33. The van der Waals surface area contributed by atoms with E-state index in [-0.39, 0.29) is 6.04 Å². The third-order valence-corrected chi connectivity index (χ3v) is 4.53. The van der Waals surface area contributed by atoms with Crippen LogP contribution in [0.25, 0.3) is 0 Å². The molecule has 0 saturated heterocycles. The van der Waals surface area contributed by atoms with E-state index in [1.54, 1.807) is 18.7 Å². The Kier molecular flexibility index (Phi) is 10.0. The number of furan rings is 1. The molecule has 0 radical (unpaired) electrons. The third-order valence-electron chi connectivity index (χ3n) is 4.53. The third kappa shape index (κ3) is 9.83. The molecule has 3 aromatic heterocycles. The van der Waals surface area contributed by atoms with Crippen molar-refractivity contribution < 1.29 is 55.3 Å². The van der Waals surface area contributed by atoms with Gasteiger partial charge in [-0.15, -0.1) is 0 Å². The first-order valence-electron chi connectivity index (χ1n) is 10.2. The lowest BCUT2D eigenvalue weighted by Gasteiger charge is -2.34. The average molecular weight is 538 g/mol. The Morgan fingerprint density at radius 2 is 1.73 bits per heavy atom. The summed E-state index contributed by atoms with van der Waals surface area (Å²) in [7, 11) is 0. The number of hydrogen-bond donors (Lipinski definition) is 2. The standard InChI is InChI=1S/C17H18N4O2.2C2HF3O2/c1-2-5-19-17(3-1)23-12-16-10-20(8-14-4-6-22-11-14)9-15-7-18-13-21(15)16;2*3-2(4,5)1(6)7/h1-7,11,13,16H,8-10,12H2;2*(H,6,7). The lowest BCUT2D eigenvalue weighted by atomic mass is 10.1. The minimum absolute atomic E-state index is 0.218. The molecule has 0 bridgehead atoms. The number of halogens is 6. The SMILES string of the molecule is O=C(O)C(F)(F)F.O=C(O)C(F)(F)F.c1ccc(OCC2CN(Cc3ccoc3)Cc3cncn32)nc1. The molecule has 0 spiro atoms. The smallest absolute Gasteiger partial charge is 0.475 e. The van der Waals surface area contributed by atoms with E-state index >= 15 is 0 Å². The molecule has 2 N–H and O–H groups in total. The van der Waals surface area contributed by atoms with Crippen LogP contribution >= 0.6 is 0 Å². The van der Waals surface area contributed by atoms with Gasteiger partial charge in [-0.25, -0.2) is 19.6 Å². The number of nitrogens with zero attached hydrogens (tertiary/aromatic N) is 4. The van der Waals surface area contributed by atoms with E-state index in [2.05, 4.69) is 19.4 Å².